The predicted octanol–water partition coefficient (Wildman–Crippen LogP) is -0.551. The van der Waals surface area contributed by atoms with Crippen LogP contribution in [0.2, 0.25) is 0 Å². The second-order valence-corrected chi connectivity index (χ2v) is 3.36. The highest BCUT2D eigenvalue weighted by Crippen LogP contribution is 2.20. The lowest BCUT2D eigenvalue weighted by molar-refractivity contribution is -0.133. The van der Waals surface area contributed by atoms with Crippen molar-refractivity contribution in [2.24, 2.45) is 0 Å². The molecule has 1 aliphatic rings. The highest BCUT2D eigenvalue weighted by molar-refractivity contribution is 5.77. The standard InChI is InChI=1S/C9H12N3O2/c13-7-9(14)11-5-2-8(6-11)12-4-1-3-10-12/h3-4,8,13H,2,5-7H2. The van der Waals surface area contributed by atoms with Crippen LogP contribution in [0, 0.1) is 6.07 Å². The minimum absolute atomic E-state index is 0.205. The quantitative estimate of drug-likeness (QED) is 0.687. The minimum atomic E-state index is -0.405. The molecular formula is C9H12N3O2. The zero-order valence-corrected chi connectivity index (χ0v) is 7.76. The van der Waals surface area contributed by atoms with Gasteiger partial charge in [-0.15, -0.1) is 0 Å². The molecular weight excluding hydrogens is 182 g/mol. The van der Waals surface area contributed by atoms with Crippen LogP contribution in [0.3, 0.4) is 0 Å². The fraction of sp³-hybridized carbons (Fsp3) is 0.556. The minimum Gasteiger partial charge on any atom is -0.387 e. The van der Waals surface area contributed by atoms with Gasteiger partial charge in [0.1, 0.15) is 6.61 Å². The van der Waals surface area contributed by atoms with Gasteiger partial charge in [0, 0.05) is 25.4 Å². The van der Waals surface area contributed by atoms with Gasteiger partial charge in [-0.2, -0.15) is 5.10 Å². The second kappa shape index (κ2) is 3.79. The van der Waals surface area contributed by atoms with Crippen LogP contribution in [0.25, 0.3) is 0 Å². The van der Waals surface area contributed by atoms with Gasteiger partial charge in [0.2, 0.25) is 5.91 Å². The van der Waals surface area contributed by atoms with Crippen molar-refractivity contribution in [1.82, 2.24) is 14.7 Å². The number of amides is 1. The van der Waals surface area contributed by atoms with Gasteiger partial charge in [0.05, 0.1) is 12.2 Å². The van der Waals surface area contributed by atoms with Crippen LogP contribution < -0.4 is 0 Å². The zero-order chi connectivity index (χ0) is 9.97. The SMILES string of the molecule is O=C(CO)N1CCC(n2c[c]cn2)C1. The number of likely N-dealkylation sites (tertiary alicyclic amines) is 1. The summed E-state index contributed by atoms with van der Waals surface area (Å²) < 4.78 is 1.81. The molecule has 2 heterocycles. The van der Waals surface area contributed by atoms with Crippen molar-refractivity contribution in [3.05, 3.63) is 18.5 Å². The number of hydrogen-bond acceptors (Lipinski definition) is 3. The first-order chi connectivity index (χ1) is 6.81. The van der Waals surface area contributed by atoms with Crippen LogP contribution in [-0.2, 0) is 4.79 Å². The Balaban J connectivity index is 1.98. The van der Waals surface area contributed by atoms with Crippen molar-refractivity contribution in [3.8, 4) is 0 Å². The second-order valence-electron chi connectivity index (χ2n) is 3.36. The summed E-state index contributed by atoms with van der Waals surface area (Å²) in [4.78, 5) is 12.8. The molecule has 1 unspecified atom stereocenters. The summed E-state index contributed by atoms with van der Waals surface area (Å²) in [5.74, 6) is -0.205. The summed E-state index contributed by atoms with van der Waals surface area (Å²) in [7, 11) is 0. The van der Waals surface area contributed by atoms with E-state index in [1.165, 1.54) is 0 Å². The number of aliphatic hydroxyl groups is 1. The summed E-state index contributed by atoms with van der Waals surface area (Å²) >= 11 is 0. The molecule has 1 atom stereocenters. The molecule has 1 aliphatic heterocycles. The number of carbonyl (C=O) groups is 1. The van der Waals surface area contributed by atoms with Crippen molar-refractivity contribution >= 4 is 5.91 Å². The van der Waals surface area contributed by atoms with Crippen LogP contribution in [0.5, 0.6) is 0 Å². The maximum absolute atomic E-state index is 11.2. The van der Waals surface area contributed by atoms with Crippen molar-refractivity contribution < 1.29 is 9.90 Å². The highest BCUT2D eigenvalue weighted by atomic mass is 16.3. The lowest BCUT2D eigenvalue weighted by Crippen LogP contribution is -2.31. The van der Waals surface area contributed by atoms with E-state index >= 15 is 0 Å². The van der Waals surface area contributed by atoms with Crippen LogP contribution in [0.15, 0.2) is 12.4 Å². The molecule has 0 saturated carbocycles. The molecule has 2 rings (SSSR count). The van der Waals surface area contributed by atoms with E-state index in [2.05, 4.69) is 11.2 Å². The average Bonchev–Trinajstić information content (AvgIpc) is 2.86. The highest BCUT2D eigenvalue weighted by Gasteiger charge is 2.26. The molecule has 0 aliphatic carbocycles. The Morgan fingerprint density at radius 2 is 2.57 bits per heavy atom. The average molecular weight is 194 g/mol. The topological polar surface area (TPSA) is 58.4 Å². The van der Waals surface area contributed by atoms with E-state index in [4.69, 9.17) is 5.11 Å². The molecule has 0 bridgehead atoms. The third-order valence-electron chi connectivity index (χ3n) is 2.50. The van der Waals surface area contributed by atoms with Gasteiger partial charge in [0.15, 0.2) is 0 Å². The van der Waals surface area contributed by atoms with Gasteiger partial charge >= 0.3 is 0 Å². The Morgan fingerprint density at radius 3 is 3.21 bits per heavy atom. The normalized spacial score (nSPS) is 21.5. The predicted molar refractivity (Wildman–Crippen MR) is 48.4 cm³/mol. The van der Waals surface area contributed by atoms with Gasteiger partial charge in [-0.3, -0.25) is 9.48 Å². The number of aliphatic hydroxyl groups excluding tert-OH is 1. The first-order valence-electron chi connectivity index (χ1n) is 4.60. The maximum Gasteiger partial charge on any atom is 0.248 e. The molecule has 1 amide bonds. The van der Waals surface area contributed by atoms with Crippen LogP contribution in [-0.4, -0.2) is 45.4 Å². The molecule has 0 aromatic carbocycles. The third-order valence-corrected chi connectivity index (χ3v) is 2.50. The molecule has 1 aromatic heterocycles. The van der Waals surface area contributed by atoms with Gasteiger partial charge in [0.25, 0.3) is 0 Å². The fourth-order valence-electron chi connectivity index (χ4n) is 1.73. The van der Waals surface area contributed by atoms with Crippen molar-refractivity contribution in [2.75, 3.05) is 19.7 Å². The summed E-state index contributed by atoms with van der Waals surface area (Å²) in [5, 5.41) is 12.8. The van der Waals surface area contributed by atoms with Crippen molar-refractivity contribution in [1.29, 1.82) is 0 Å². The lowest BCUT2D eigenvalue weighted by Gasteiger charge is -2.14. The smallest absolute Gasteiger partial charge is 0.248 e. The van der Waals surface area contributed by atoms with E-state index in [-0.39, 0.29) is 11.9 Å². The number of rotatable bonds is 2. The Morgan fingerprint density at radius 1 is 1.71 bits per heavy atom. The van der Waals surface area contributed by atoms with E-state index in [1.54, 1.807) is 17.3 Å². The van der Waals surface area contributed by atoms with E-state index < -0.39 is 6.61 Å². The molecule has 1 saturated heterocycles. The van der Waals surface area contributed by atoms with Gasteiger partial charge < -0.3 is 10.0 Å². The molecule has 1 N–H and O–H groups in total. The van der Waals surface area contributed by atoms with Crippen LogP contribution >= 0.6 is 0 Å². The molecule has 5 nitrogen and oxygen atoms in total. The molecule has 0 spiro atoms. The fourth-order valence-corrected chi connectivity index (χ4v) is 1.73. The Hall–Kier alpha value is -1.36. The van der Waals surface area contributed by atoms with Crippen LogP contribution in [0.1, 0.15) is 12.5 Å². The Kier molecular flexibility index (Phi) is 2.49. The van der Waals surface area contributed by atoms with Gasteiger partial charge in [-0.25, -0.2) is 0 Å². The maximum atomic E-state index is 11.2. The number of nitrogens with zero attached hydrogens (tertiary/aromatic N) is 3. The molecule has 75 valence electrons. The number of aromatic nitrogens is 2. The van der Waals surface area contributed by atoms with E-state index in [0.717, 1.165) is 6.42 Å². The summed E-state index contributed by atoms with van der Waals surface area (Å²) in [6, 6.07) is 3.10. The largest absolute Gasteiger partial charge is 0.387 e. The molecule has 1 fully saturated rings. The number of hydrogen-bond donors (Lipinski definition) is 1. The lowest BCUT2D eigenvalue weighted by atomic mass is 10.3. The van der Waals surface area contributed by atoms with Gasteiger partial charge in [-0.05, 0) is 6.42 Å². The van der Waals surface area contributed by atoms with Gasteiger partial charge in [-0.1, -0.05) is 0 Å². The summed E-state index contributed by atoms with van der Waals surface area (Å²) in [5.41, 5.74) is 0. The molecule has 14 heavy (non-hydrogen) atoms. The monoisotopic (exact) mass is 194 g/mol. The van der Waals surface area contributed by atoms with Crippen molar-refractivity contribution in [2.45, 2.75) is 12.5 Å². The van der Waals surface area contributed by atoms with E-state index in [0.29, 0.717) is 13.1 Å². The van der Waals surface area contributed by atoms with E-state index in [9.17, 15) is 4.79 Å². The first kappa shape index (κ1) is 9.21. The van der Waals surface area contributed by atoms with Crippen LogP contribution in [0.4, 0.5) is 0 Å². The number of carbonyl (C=O) groups excluding carboxylic acids is 1. The summed E-state index contributed by atoms with van der Waals surface area (Å²) in [6.45, 7) is 0.927. The Bertz CT molecular complexity index is 310. The third kappa shape index (κ3) is 1.63. The van der Waals surface area contributed by atoms with Crippen molar-refractivity contribution in [3.63, 3.8) is 0 Å². The molecule has 1 aromatic rings. The van der Waals surface area contributed by atoms with E-state index in [1.807, 2.05) is 4.68 Å². The first-order valence-corrected chi connectivity index (χ1v) is 4.60. The summed E-state index contributed by atoms with van der Waals surface area (Å²) in [6.07, 6.45) is 4.27. The molecule has 5 heteroatoms. The zero-order valence-electron chi connectivity index (χ0n) is 7.76. The Labute approximate surface area is 81.9 Å². The molecule has 1 radical (unpaired) electrons.